The summed E-state index contributed by atoms with van der Waals surface area (Å²) in [4.78, 5) is 23.0. The van der Waals surface area contributed by atoms with Crippen molar-refractivity contribution in [3.63, 3.8) is 0 Å². The van der Waals surface area contributed by atoms with E-state index in [1.165, 1.54) is 6.08 Å². The van der Waals surface area contributed by atoms with Gasteiger partial charge in [0.25, 0.3) is 0 Å². The van der Waals surface area contributed by atoms with Crippen LogP contribution in [0.4, 0.5) is 0 Å². The van der Waals surface area contributed by atoms with Gasteiger partial charge < -0.3 is 9.84 Å². The molecule has 0 heterocycles. The number of fused-ring (bicyclic) bond motifs is 1. The molecule has 0 bridgehead atoms. The van der Waals surface area contributed by atoms with Crippen molar-refractivity contribution in [3.05, 3.63) is 54.6 Å². The third-order valence-corrected chi connectivity index (χ3v) is 3.93. The van der Waals surface area contributed by atoms with Crippen LogP contribution in [0.5, 0.6) is 5.75 Å². The second-order valence-electron chi connectivity index (χ2n) is 5.74. The number of hydrogen-bond acceptors (Lipinski definition) is 3. The molecule has 4 heteroatoms. The van der Waals surface area contributed by atoms with Crippen LogP contribution in [0.2, 0.25) is 0 Å². The number of carboxylic acids is 1. The lowest BCUT2D eigenvalue weighted by atomic mass is 10.1. The predicted molar refractivity (Wildman–Crippen MR) is 94.7 cm³/mol. The number of carbonyl (C=O) groups is 2. The first-order valence-electron chi connectivity index (χ1n) is 8.15. The third-order valence-electron chi connectivity index (χ3n) is 3.93. The smallest absolute Gasteiger partial charge is 0.335 e. The molecule has 0 radical (unpaired) electrons. The van der Waals surface area contributed by atoms with E-state index in [2.05, 4.69) is 13.5 Å². The zero-order chi connectivity index (χ0) is 17.5. The highest BCUT2D eigenvalue weighted by atomic mass is 16.5. The Kier molecular flexibility index (Phi) is 6.13. The SMILES string of the molecule is C=CC(=O)C(CCCCC)Oc1ccc2cc(C(=O)O)ccc2c1. The van der Waals surface area contributed by atoms with Crippen LogP contribution in [-0.2, 0) is 4.79 Å². The molecule has 1 unspecified atom stereocenters. The topological polar surface area (TPSA) is 63.6 Å². The van der Waals surface area contributed by atoms with Crippen molar-refractivity contribution >= 4 is 22.5 Å². The van der Waals surface area contributed by atoms with E-state index in [1.807, 2.05) is 6.07 Å². The highest BCUT2D eigenvalue weighted by Gasteiger charge is 2.17. The number of rotatable bonds is 9. The van der Waals surface area contributed by atoms with Gasteiger partial charge in [0.2, 0.25) is 0 Å². The van der Waals surface area contributed by atoms with Crippen LogP contribution in [-0.4, -0.2) is 23.0 Å². The Morgan fingerprint density at radius 3 is 2.54 bits per heavy atom. The molecule has 0 aliphatic rings. The molecule has 0 fully saturated rings. The largest absolute Gasteiger partial charge is 0.482 e. The minimum Gasteiger partial charge on any atom is -0.482 e. The summed E-state index contributed by atoms with van der Waals surface area (Å²) in [7, 11) is 0. The van der Waals surface area contributed by atoms with Crippen LogP contribution in [0.15, 0.2) is 49.1 Å². The van der Waals surface area contributed by atoms with Gasteiger partial charge >= 0.3 is 5.97 Å². The Morgan fingerprint density at radius 2 is 1.88 bits per heavy atom. The molecule has 0 spiro atoms. The summed E-state index contributed by atoms with van der Waals surface area (Å²) < 4.78 is 5.86. The zero-order valence-corrected chi connectivity index (χ0v) is 13.8. The standard InChI is InChI=1S/C20H22O4/c1-3-5-6-7-19(18(21)4-2)24-17-11-10-14-12-16(20(22)23)9-8-15(14)13-17/h4,8-13,19H,2-3,5-7H2,1H3,(H,22,23). The Balaban J connectivity index is 2.20. The van der Waals surface area contributed by atoms with Gasteiger partial charge in [-0.15, -0.1) is 0 Å². The zero-order valence-electron chi connectivity index (χ0n) is 13.8. The molecular formula is C20H22O4. The Bertz CT molecular complexity index is 748. The van der Waals surface area contributed by atoms with E-state index in [-0.39, 0.29) is 11.3 Å². The number of carboxylic acid groups (broad SMARTS) is 1. The molecular weight excluding hydrogens is 304 g/mol. The van der Waals surface area contributed by atoms with E-state index in [0.717, 1.165) is 30.0 Å². The quantitative estimate of drug-likeness (QED) is 0.539. The molecule has 0 saturated carbocycles. The molecule has 0 aliphatic heterocycles. The van der Waals surface area contributed by atoms with E-state index in [4.69, 9.17) is 9.84 Å². The number of carbonyl (C=O) groups excluding carboxylic acids is 1. The summed E-state index contributed by atoms with van der Waals surface area (Å²) in [6.07, 6.45) is 4.50. The van der Waals surface area contributed by atoms with Gasteiger partial charge in [0.1, 0.15) is 5.75 Å². The lowest BCUT2D eigenvalue weighted by molar-refractivity contribution is -0.121. The lowest BCUT2D eigenvalue weighted by Crippen LogP contribution is -2.25. The van der Waals surface area contributed by atoms with Crippen molar-refractivity contribution in [2.24, 2.45) is 0 Å². The fourth-order valence-electron chi connectivity index (χ4n) is 2.56. The molecule has 2 aromatic carbocycles. The summed E-state index contributed by atoms with van der Waals surface area (Å²) >= 11 is 0. The lowest BCUT2D eigenvalue weighted by Gasteiger charge is -2.17. The van der Waals surface area contributed by atoms with Gasteiger partial charge in [-0.05, 0) is 54.0 Å². The van der Waals surface area contributed by atoms with E-state index in [9.17, 15) is 9.59 Å². The Labute approximate surface area is 141 Å². The van der Waals surface area contributed by atoms with Crippen molar-refractivity contribution in [1.82, 2.24) is 0 Å². The van der Waals surface area contributed by atoms with Crippen LogP contribution in [0.1, 0.15) is 43.0 Å². The van der Waals surface area contributed by atoms with Gasteiger partial charge in [-0.1, -0.05) is 38.5 Å². The maximum absolute atomic E-state index is 12.0. The minimum absolute atomic E-state index is 0.118. The fraction of sp³-hybridized carbons (Fsp3) is 0.300. The number of ketones is 1. The second-order valence-corrected chi connectivity index (χ2v) is 5.74. The van der Waals surface area contributed by atoms with Crippen molar-refractivity contribution < 1.29 is 19.4 Å². The molecule has 2 aromatic rings. The van der Waals surface area contributed by atoms with E-state index in [1.54, 1.807) is 30.3 Å². The summed E-state index contributed by atoms with van der Waals surface area (Å²) in [6.45, 7) is 5.65. The predicted octanol–water partition coefficient (Wildman–Crippen LogP) is 4.62. The number of unbranched alkanes of at least 4 members (excludes halogenated alkanes) is 2. The highest BCUT2D eigenvalue weighted by Crippen LogP contribution is 2.24. The third kappa shape index (κ3) is 4.44. The van der Waals surface area contributed by atoms with Crippen LogP contribution < -0.4 is 4.74 Å². The van der Waals surface area contributed by atoms with Crippen molar-refractivity contribution in [2.45, 2.75) is 38.7 Å². The van der Waals surface area contributed by atoms with E-state index < -0.39 is 12.1 Å². The molecule has 0 aromatic heterocycles. The monoisotopic (exact) mass is 326 g/mol. The Morgan fingerprint density at radius 1 is 1.17 bits per heavy atom. The van der Waals surface area contributed by atoms with Gasteiger partial charge in [0.05, 0.1) is 5.56 Å². The maximum Gasteiger partial charge on any atom is 0.335 e. The van der Waals surface area contributed by atoms with Gasteiger partial charge in [-0.3, -0.25) is 4.79 Å². The molecule has 0 amide bonds. The van der Waals surface area contributed by atoms with Gasteiger partial charge in [0.15, 0.2) is 11.9 Å². The fourth-order valence-corrected chi connectivity index (χ4v) is 2.56. The minimum atomic E-state index is -0.954. The molecule has 2 rings (SSSR count). The number of aromatic carboxylic acids is 1. The first-order chi connectivity index (χ1) is 11.5. The molecule has 1 N–H and O–H groups in total. The summed E-state index contributed by atoms with van der Waals surface area (Å²) in [6, 6.07) is 10.3. The summed E-state index contributed by atoms with van der Waals surface area (Å²) in [5.74, 6) is -0.473. The normalized spacial score (nSPS) is 11.9. The first-order valence-corrected chi connectivity index (χ1v) is 8.15. The Hall–Kier alpha value is -2.62. The van der Waals surface area contributed by atoms with Crippen LogP contribution >= 0.6 is 0 Å². The maximum atomic E-state index is 12.0. The second kappa shape index (κ2) is 8.29. The van der Waals surface area contributed by atoms with Gasteiger partial charge in [-0.25, -0.2) is 4.79 Å². The van der Waals surface area contributed by atoms with Crippen LogP contribution in [0.3, 0.4) is 0 Å². The highest BCUT2D eigenvalue weighted by molar-refractivity contribution is 5.95. The van der Waals surface area contributed by atoms with Crippen LogP contribution in [0, 0.1) is 0 Å². The number of ether oxygens (including phenoxy) is 1. The summed E-state index contributed by atoms with van der Waals surface area (Å²) in [5.41, 5.74) is 0.246. The number of benzene rings is 2. The van der Waals surface area contributed by atoms with Gasteiger partial charge in [0, 0.05) is 0 Å². The average molecular weight is 326 g/mol. The van der Waals surface area contributed by atoms with Crippen molar-refractivity contribution in [2.75, 3.05) is 0 Å². The molecule has 126 valence electrons. The van der Waals surface area contributed by atoms with E-state index >= 15 is 0 Å². The van der Waals surface area contributed by atoms with Gasteiger partial charge in [-0.2, -0.15) is 0 Å². The van der Waals surface area contributed by atoms with E-state index in [0.29, 0.717) is 12.2 Å². The summed E-state index contributed by atoms with van der Waals surface area (Å²) in [5, 5.41) is 10.7. The molecule has 4 nitrogen and oxygen atoms in total. The number of hydrogen-bond donors (Lipinski definition) is 1. The molecule has 24 heavy (non-hydrogen) atoms. The molecule has 0 saturated heterocycles. The average Bonchev–Trinajstić information content (AvgIpc) is 2.59. The van der Waals surface area contributed by atoms with Crippen LogP contribution in [0.25, 0.3) is 10.8 Å². The first kappa shape index (κ1) is 17.7. The van der Waals surface area contributed by atoms with Crippen molar-refractivity contribution in [3.8, 4) is 5.75 Å². The van der Waals surface area contributed by atoms with Crippen molar-refractivity contribution in [1.29, 1.82) is 0 Å². The molecule has 1 atom stereocenters. The molecule has 0 aliphatic carbocycles.